The minimum Gasteiger partial charge on any atom is -0.478 e. The van der Waals surface area contributed by atoms with Gasteiger partial charge in [0.1, 0.15) is 0 Å². The van der Waals surface area contributed by atoms with Crippen LogP contribution in [0.2, 0.25) is 0 Å². The van der Waals surface area contributed by atoms with Crippen molar-refractivity contribution in [2.75, 3.05) is 0 Å². The van der Waals surface area contributed by atoms with E-state index in [1.807, 2.05) is 0 Å². The highest BCUT2D eigenvalue weighted by molar-refractivity contribution is 9.10. The predicted octanol–water partition coefficient (Wildman–Crippen LogP) is 5.15. The second kappa shape index (κ2) is 6.65. The van der Waals surface area contributed by atoms with Gasteiger partial charge in [0.25, 0.3) is 0 Å². The molecule has 3 aromatic rings. The average molecular weight is 459 g/mol. The number of aromatic carboxylic acids is 1. The fourth-order valence-electron chi connectivity index (χ4n) is 2.71. The number of sulfone groups is 1. The summed E-state index contributed by atoms with van der Waals surface area (Å²) in [6.07, 6.45) is -5.15. The van der Waals surface area contributed by atoms with E-state index in [-0.39, 0.29) is 4.90 Å². The normalized spacial score (nSPS) is 12.3. The Labute approximate surface area is 160 Å². The van der Waals surface area contributed by atoms with Crippen LogP contribution < -0.4 is 0 Å². The van der Waals surface area contributed by atoms with Gasteiger partial charge < -0.3 is 5.11 Å². The molecule has 0 aromatic heterocycles. The van der Waals surface area contributed by atoms with E-state index >= 15 is 0 Å². The summed E-state index contributed by atoms with van der Waals surface area (Å²) in [6, 6.07) is 11.4. The first-order valence-electron chi connectivity index (χ1n) is 7.40. The molecule has 0 fully saturated rings. The first kappa shape index (κ1) is 19.4. The zero-order valence-corrected chi connectivity index (χ0v) is 15.7. The molecular formula is C18H10BrF3O4S. The van der Waals surface area contributed by atoms with Crippen molar-refractivity contribution in [2.24, 2.45) is 0 Å². The van der Waals surface area contributed by atoms with E-state index in [0.29, 0.717) is 10.8 Å². The minimum atomic E-state index is -5.15. The number of rotatable bonds is 3. The van der Waals surface area contributed by atoms with Crippen molar-refractivity contribution >= 4 is 42.5 Å². The van der Waals surface area contributed by atoms with E-state index in [1.165, 1.54) is 18.2 Å². The zero-order valence-electron chi connectivity index (χ0n) is 13.3. The van der Waals surface area contributed by atoms with E-state index in [9.17, 15) is 26.4 Å². The Morgan fingerprint density at radius 3 is 2.22 bits per heavy atom. The number of hydrogen-bond acceptors (Lipinski definition) is 3. The summed E-state index contributed by atoms with van der Waals surface area (Å²) >= 11 is 3.28. The van der Waals surface area contributed by atoms with Crippen molar-refractivity contribution in [2.45, 2.75) is 16.0 Å². The molecule has 0 saturated heterocycles. The van der Waals surface area contributed by atoms with Crippen LogP contribution in [0.25, 0.3) is 10.8 Å². The molecule has 140 valence electrons. The molecule has 0 heterocycles. The van der Waals surface area contributed by atoms with Crippen LogP contribution in [-0.2, 0) is 16.0 Å². The third-order valence-electron chi connectivity index (χ3n) is 3.91. The van der Waals surface area contributed by atoms with Gasteiger partial charge in [-0.15, -0.1) is 0 Å². The van der Waals surface area contributed by atoms with E-state index in [0.717, 1.165) is 22.7 Å². The molecular weight excluding hydrogens is 449 g/mol. The number of benzene rings is 3. The van der Waals surface area contributed by atoms with Crippen molar-refractivity contribution in [3.8, 4) is 0 Å². The summed E-state index contributed by atoms with van der Waals surface area (Å²) in [5, 5.41) is 10.3. The lowest BCUT2D eigenvalue weighted by atomic mass is 10.1. The molecule has 9 heteroatoms. The second-order valence-corrected chi connectivity index (χ2v) is 8.47. The number of carbonyl (C=O) groups is 1. The van der Waals surface area contributed by atoms with E-state index in [1.54, 1.807) is 18.2 Å². The Kier molecular flexibility index (Phi) is 4.77. The van der Waals surface area contributed by atoms with Crippen LogP contribution in [0.4, 0.5) is 13.2 Å². The minimum absolute atomic E-state index is 0.356. The van der Waals surface area contributed by atoms with Crippen LogP contribution in [0.3, 0.4) is 0 Å². The third kappa shape index (κ3) is 3.57. The number of fused-ring (bicyclic) bond motifs is 1. The summed E-state index contributed by atoms with van der Waals surface area (Å²) < 4.78 is 67.0. The number of hydrogen-bond donors (Lipinski definition) is 1. The number of carboxylic acids is 1. The maximum Gasteiger partial charge on any atom is 0.418 e. The quantitative estimate of drug-likeness (QED) is 0.588. The van der Waals surface area contributed by atoms with Gasteiger partial charge in [0.05, 0.1) is 20.9 Å². The lowest BCUT2D eigenvalue weighted by Crippen LogP contribution is -2.18. The molecule has 3 aromatic carbocycles. The molecule has 0 aliphatic heterocycles. The third-order valence-corrected chi connectivity index (χ3v) is 6.20. The Bertz CT molecular complexity index is 1170. The maximum atomic E-state index is 13.5. The molecule has 0 aliphatic rings. The molecule has 27 heavy (non-hydrogen) atoms. The monoisotopic (exact) mass is 458 g/mol. The molecule has 1 N–H and O–H groups in total. The topological polar surface area (TPSA) is 71.4 Å². The van der Waals surface area contributed by atoms with E-state index in [2.05, 4.69) is 15.9 Å². The van der Waals surface area contributed by atoms with Crippen LogP contribution in [0, 0.1) is 0 Å². The molecule has 0 unspecified atom stereocenters. The Hall–Kier alpha value is -2.39. The lowest BCUT2D eigenvalue weighted by molar-refractivity contribution is -0.140. The zero-order chi connectivity index (χ0) is 20.0. The fraction of sp³-hybridized carbons (Fsp3) is 0.0556. The first-order valence-corrected chi connectivity index (χ1v) is 9.67. The summed E-state index contributed by atoms with van der Waals surface area (Å²) in [6.45, 7) is 0. The van der Waals surface area contributed by atoms with Gasteiger partial charge in [0.2, 0.25) is 9.84 Å². The number of halogens is 4. The summed E-state index contributed by atoms with van der Waals surface area (Å²) in [4.78, 5) is 9.74. The number of alkyl halides is 3. The van der Waals surface area contributed by atoms with Gasteiger partial charge in [-0.05, 0) is 47.2 Å². The van der Waals surface area contributed by atoms with Gasteiger partial charge in [-0.2, -0.15) is 13.2 Å². The van der Waals surface area contributed by atoms with Crippen LogP contribution in [-0.4, -0.2) is 19.5 Å². The standard InChI is InChI=1S/C18H10BrF3O4S/c19-12-6-4-11-9-13(7-5-10(11)8-12)27(25,26)15-3-1-2-14(17(23)24)16(15)18(20,21)22/h1-9H,(H,23,24). The predicted molar refractivity (Wildman–Crippen MR) is 95.5 cm³/mol. The van der Waals surface area contributed by atoms with Crippen LogP contribution >= 0.6 is 15.9 Å². The molecule has 0 saturated carbocycles. The second-order valence-electron chi connectivity index (χ2n) is 5.64. The van der Waals surface area contributed by atoms with Crippen LogP contribution in [0.5, 0.6) is 0 Å². The molecule has 0 spiro atoms. The fourth-order valence-corrected chi connectivity index (χ4v) is 4.63. The number of carboxylic acid groups (broad SMARTS) is 1. The van der Waals surface area contributed by atoms with Gasteiger partial charge in [0, 0.05) is 4.47 Å². The highest BCUT2D eigenvalue weighted by Crippen LogP contribution is 2.39. The molecule has 0 aliphatic carbocycles. The van der Waals surface area contributed by atoms with Crippen molar-refractivity contribution in [1.82, 2.24) is 0 Å². The average Bonchev–Trinajstić information content (AvgIpc) is 2.59. The van der Waals surface area contributed by atoms with Gasteiger partial charge in [-0.1, -0.05) is 34.1 Å². The van der Waals surface area contributed by atoms with Gasteiger partial charge >= 0.3 is 12.1 Å². The smallest absolute Gasteiger partial charge is 0.418 e. The Balaban J connectivity index is 2.28. The molecule has 0 radical (unpaired) electrons. The van der Waals surface area contributed by atoms with E-state index < -0.39 is 38.0 Å². The molecule has 0 bridgehead atoms. The molecule has 4 nitrogen and oxygen atoms in total. The van der Waals surface area contributed by atoms with Gasteiger partial charge in [-0.25, -0.2) is 13.2 Å². The largest absolute Gasteiger partial charge is 0.478 e. The lowest BCUT2D eigenvalue weighted by Gasteiger charge is -2.16. The Morgan fingerprint density at radius 1 is 0.963 bits per heavy atom. The van der Waals surface area contributed by atoms with E-state index in [4.69, 9.17) is 5.11 Å². The summed E-state index contributed by atoms with van der Waals surface area (Å²) in [7, 11) is -4.61. The molecule has 0 amide bonds. The van der Waals surface area contributed by atoms with Crippen molar-refractivity contribution in [3.63, 3.8) is 0 Å². The highest BCUT2D eigenvalue weighted by atomic mass is 79.9. The van der Waals surface area contributed by atoms with Crippen molar-refractivity contribution < 1.29 is 31.5 Å². The highest BCUT2D eigenvalue weighted by Gasteiger charge is 2.41. The SMILES string of the molecule is O=C(O)c1cccc(S(=O)(=O)c2ccc3cc(Br)ccc3c2)c1C(F)(F)F. The summed E-state index contributed by atoms with van der Waals surface area (Å²) in [5.74, 6) is -1.86. The van der Waals surface area contributed by atoms with Crippen molar-refractivity contribution in [3.05, 3.63) is 70.2 Å². The molecule has 0 atom stereocenters. The Morgan fingerprint density at radius 2 is 1.59 bits per heavy atom. The van der Waals surface area contributed by atoms with Crippen LogP contribution in [0.15, 0.2) is 68.9 Å². The first-order chi connectivity index (χ1) is 12.5. The van der Waals surface area contributed by atoms with Crippen molar-refractivity contribution in [1.29, 1.82) is 0 Å². The van der Waals surface area contributed by atoms with Gasteiger partial charge in [0.15, 0.2) is 0 Å². The van der Waals surface area contributed by atoms with Gasteiger partial charge in [-0.3, -0.25) is 0 Å². The summed E-state index contributed by atoms with van der Waals surface area (Å²) in [5.41, 5.74) is -2.80. The molecule has 3 rings (SSSR count). The maximum absolute atomic E-state index is 13.5. The van der Waals surface area contributed by atoms with Crippen LogP contribution in [0.1, 0.15) is 15.9 Å².